The SMILES string of the molecule is C=C(/C=C\CC)CSc1ccc2c(c1)OCCO2. The van der Waals surface area contributed by atoms with E-state index in [-0.39, 0.29) is 0 Å². The molecule has 0 radical (unpaired) electrons. The Bertz CT molecular complexity index is 452. The second-order valence-electron chi connectivity index (χ2n) is 4.06. The summed E-state index contributed by atoms with van der Waals surface area (Å²) >= 11 is 1.77. The molecule has 0 N–H and O–H groups in total. The number of benzene rings is 1. The fourth-order valence-corrected chi connectivity index (χ4v) is 2.43. The summed E-state index contributed by atoms with van der Waals surface area (Å²) in [6.07, 6.45) is 5.27. The minimum Gasteiger partial charge on any atom is -0.486 e. The predicted molar refractivity (Wildman–Crippen MR) is 76.7 cm³/mol. The van der Waals surface area contributed by atoms with Gasteiger partial charge in [0.15, 0.2) is 11.5 Å². The van der Waals surface area contributed by atoms with E-state index < -0.39 is 0 Å². The molecule has 0 aromatic heterocycles. The van der Waals surface area contributed by atoms with Crippen LogP contribution >= 0.6 is 11.8 Å². The van der Waals surface area contributed by atoms with Crippen LogP contribution in [0.2, 0.25) is 0 Å². The third kappa shape index (κ3) is 3.57. The van der Waals surface area contributed by atoms with Gasteiger partial charge in [-0.05, 0) is 30.2 Å². The molecule has 0 fully saturated rings. The van der Waals surface area contributed by atoms with Crippen molar-refractivity contribution in [1.29, 1.82) is 0 Å². The van der Waals surface area contributed by atoms with Gasteiger partial charge in [-0.3, -0.25) is 0 Å². The van der Waals surface area contributed by atoms with Gasteiger partial charge in [0.2, 0.25) is 0 Å². The van der Waals surface area contributed by atoms with Crippen LogP contribution in [0.4, 0.5) is 0 Å². The fourth-order valence-electron chi connectivity index (χ4n) is 1.62. The Labute approximate surface area is 113 Å². The normalized spacial score (nSPS) is 13.8. The zero-order valence-corrected chi connectivity index (χ0v) is 11.5. The van der Waals surface area contributed by atoms with Crippen molar-refractivity contribution in [3.63, 3.8) is 0 Å². The van der Waals surface area contributed by atoms with Gasteiger partial charge in [0.25, 0.3) is 0 Å². The first kappa shape index (κ1) is 13.1. The van der Waals surface area contributed by atoms with Gasteiger partial charge in [-0.15, -0.1) is 11.8 Å². The van der Waals surface area contributed by atoms with Gasteiger partial charge in [0, 0.05) is 10.6 Å². The standard InChI is InChI=1S/C15H18O2S/c1-3-4-5-12(2)11-18-13-6-7-14-15(10-13)17-9-8-16-14/h4-7,10H,2-3,8-9,11H2,1H3/b5-4-. The Balaban J connectivity index is 1.94. The van der Waals surface area contributed by atoms with Crippen LogP contribution in [-0.4, -0.2) is 19.0 Å². The van der Waals surface area contributed by atoms with Gasteiger partial charge in [0.1, 0.15) is 13.2 Å². The van der Waals surface area contributed by atoms with Crippen LogP contribution in [0.1, 0.15) is 13.3 Å². The molecule has 0 saturated heterocycles. The lowest BCUT2D eigenvalue weighted by molar-refractivity contribution is 0.171. The maximum absolute atomic E-state index is 5.56. The molecule has 0 spiro atoms. The van der Waals surface area contributed by atoms with Gasteiger partial charge < -0.3 is 9.47 Å². The van der Waals surface area contributed by atoms with E-state index in [1.54, 1.807) is 11.8 Å². The molecule has 0 saturated carbocycles. The van der Waals surface area contributed by atoms with Crippen LogP contribution in [-0.2, 0) is 0 Å². The van der Waals surface area contributed by atoms with E-state index in [9.17, 15) is 0 Å². The first-order valence-corrected chi connectivity index (χ1v) is 7.15. The van der Waals surface area contributed by atoms with E-state index in [0.717, 1.165) is 29.2 Å². The summed E-state index contributed by atoms with van der Waals surface area (Å²) in [7, 11) is 0. The average Bonchev–Trinajstić information content (AvgIpc) is 2.42. The predicted octanol–water partition coefficient (Wildman–Crippen LogP) is 4.07. The number of fused-ring (bicyclic) bond motifs is 1. The van der Waals surface area contributed by atoms with E-state index in [0.29, 0.717) is 13.2 Å². The second-order valence-corrected chi connectivity index (χ2v) is 5.11. The molecule has 2 nitrogen and oxygen atoms in total. The van der Waals surface area contributed by atoms with E-state index in [1.807, 2.05) is 12.1 Å². The Morgan fingerprint density at radius 2 is 2.11 bits per heavy atom. The Hall–Kier alpha value is -1.35. The summed E-state index contributed by atoms with van der Waals surface area (Å²) in [4.78, 5) is 1.19. The average molecular weight is 262 g/mol. The maximum Gasteiger partial charge on any atom is 0.162 e. The van der Waals surface area contributed by atoms with Crippen molar-refractivity contribution < 1.29 is 9.47 Å². The lowest BCUT2D eigenvalue weighted by Gasteiger charge is -2.18. The summed E-state index contributed by atoms with van der Waals surface area (Å²) in [5.74, 6) is 2.59. The van der Waals surface area contributed by atoms with Crippen molar-refractivity contribution in [2.45, 2.75) is 18.2 Å². The highest BCUT2D eigenvalue weighted by Crippen LogP contribution is 2.34. The third-order valence-corrected chi connectivity index (χ3v) is 3.63. The minimum absolute atomic E-state index is 0.632. The van der Waals surface area contributed by atoms with Crippen LogP contribution in [0.15, 0.2) is 47.4 Å². The third-order valence-electron chi connectivity index (χ3n) is 2.53. The van der Waals surface area contributed by atoms with Crippen molar-refractivity contribution in [2.75, 3.05) is 19.0 Å². The molecular weight excluding hydrogens is 244 g/mol. The van der Waals surface area contributed by atoms with E-state index in [4.69, 9.17) is 9.47 Å². The maximum atomic E-state index is 5.56. The number of allylic oxidation sites excluding steroid dienone is 2. The highest BCUT2D eigenvalue weighted by Gasteiger charge is 2.11. The first-order valence-electron chi connectivity index (χ1n) is 6.16. The quantitative estimate of drug-likeness (QED) is 0.588. The van der Waals surface area contributed by atoms with Gasteiger partial charge in [-0.2, -0.15) is 0 Å². The highest BCUT2D eigenvalue weighted by molar-refractivity contribution is 7.99. The molecule has 18 heavy (non-hydrogen) atoms. The molecular formula is C15H18O2S. The molecule has 1 heterocycles. The van der Waals surface area contributed by atoms with Crippen LogP contribution in [0.3, 0.4) is 0 Å². The van der Waals surface area contributed by atoms with Gasteiger partial charge >= 0.3 is 0 Å². The monoisotopic (exact) mass is 262 g/mol. The van der Waals surface area contributed by atoms with Crippen LogP contribution in [0.5, 0.6) is 11.5 Å². The summed E-state index contributed by atoms with van der Waals surface area (Å²) in [6, 6.07) is 6.08. The number of rotatable bonds is 5. The zero-order valence-electron chi connectivity index (χ0n) is 10.6. The number of ether oxygens (including phenoxy) is 2. The molecule has 3 heteroatoms. The van der Waals surface area contributed by atoms with E-state index in [2.05, 4.69) is 31.7 Å². The summed E-state index contributed by atoms with van der Waals surface area (Å²) in [6.45, 7) is 7.42. The van der Waals surface area contributed by atoms with Crippen molar-refractivity contribution in [2.24, 2.45) is 0 Å². The van der Waals surface area contributed by atoms with Gasteiger partial charge in [0.05, 0.1) is 0 Å². The molecule has 0 aliphatic carbocycles. The molecule has 1 aliphatic rings. The summed E-state index contributed by atoms with van der Waals surface area (Å²) in [5, 5.41) is 0. The molecule has 1 aliphatic heterocycles. The Morgan fingerprint density at radius 3 is 2.89 bits per heavy atom. The largest absolute Gasteiger partial charge is 0.486 e. The number of thioether (sulfide) groups is 1. The second kappa shape index (κ2) is 6.55. The van der Waals surface area contributed by atoms with Crippen molar-refractivity contribution >= 4 is 11.8 Å². The van der Waals surface area contributed by atoms with Crippen molar-refractivity contribution in [3.8, 4) is 11.5 Å². The molecule has 1 aromatic carbocycles. The van der Waals surface area contributed by atoms with E-state index in [1.165, 1.54) is 4.90 Å². The molecule has 0 bridgehead atoms. The molecule has 1 aromatic rings. The van der Waals surface area contributed by atoms with Crippen LogP contribution in [0, 0.1) is 0 Å². The lowest BCUT2D eigenvalue weighted by atomic mass is 10.3. The number of hydrogen-bond acceptors (Lipinski definition) is 3. The number of hydrogen-bond donors (Lipinski definition) is 0. The lowest BCUT2D eigenvalue weighted by Crippen LogP contribution is -2.15. The highest BCUT2D eigenvalue weighted by atomic mass is 32.2. The molecule has 0 atom stereocenters. The van der Waals surface area contributed by atoms with Crippen LogP contribution < -0.4 is 9.47 Å². The van der Waals surface area contributed by atoms with Crippen LogP contribution in [0.25, 0.3) is 0 Å². The minimum atomic E-state index is 0.632. The van der Waals surface area contributed by atoms with Crippen molar-refractivity contribution in [1.82, 2.24) is 0 Å². The molecule has 96 valence electrons. The Kier molecular flexibility index (Phi) is 4.76. The fraction of sp³-hybridized carbons (Fsp3) is 0.333. The summed E-state index contributed by atoms with van der Waals surface area (Å²) in [5.41, 5.74) is 1.14. The topological polar surface area (TPSA) is 18.5 Å². The Morgan fingerprint density at radius 1 is 1.33 bits per heavy atom. The zero-order chi connectivity index (χ0) is 12.8. The molecule has 2 rings (SSSR count). The van der Waals surface area contributed by atoms with Gasteiger partial charge in [-0.1, -0.05) is 25.7 Å². The smallest absolute Gasteiger partial charge is 0.162 e. The van der Waals surface area contributed by atoms with Crippen molar-refractivity contribution in [3.05, 3.63) is 42.5 Å². The first-order chi connectivity index (χ1) is 8.79. The van der Waals surface area contributed by atoms with E-state index >= 15 is 0 Å². The molecule has 0 amide bonds. The molecule has 0 unspecified atom stereocenters. The van der Waals surface area contributed by atoms with Gasteiger partial charge in [-0.25, -0.2) is 0 Å². The summed E-state index contributed by atoms with van der Waals surface area (Å²) < 4.78 is 11.1.